The molecule has 0 spiro atoms. The van der Waals surface area contributed by atoms with Gasteiger partial charge in [-0.25, -0.2) is 4.68 Å². The van der Waals surface area contributed by atoms with Crippen molar-refractivity contribution in [3.8, 4) is 5.69 Å². The summed E-state index contributed by atoms with van der Waals surface area (Å²) >= 11 is 0. The molecule has 2 aliphatic rings. The molecule has 3 heterocycles. The first-order valence-electron chi connectivity index (χ1n) is 8.14. The highest BCUT2D eigenvalue weighted by Crippen LogP contribution is 2.21. The fraction of sp³-hybridized carbons (Fsp3) is 0.500. The Morgan fingerprint density at radius 1 is 1.17 bits per heavy atom. The molecule has 0 saturated carbocycles. The van der Waals surface area contributed by atoms with E-state index in [0.717, 1.165) is 30.8 Å². The molecule has 7 nitrogen and oxygen atoms in total. The summed E-state index contributed by atoms with van der Waals surface area (Å²) < 4.78 is 1.60. The van der Waals surface area contributed by atoms with Crippen LogP contribution >= 0.6 is 0 Å². The van der Waals surface area contributed by atoms with Crippen molar-refractivity contribution in [2.75, 3.05) is 13.1 Å². The van der Waals surface area contributed by atoms with Crippen LogP contribution in [0.4, 0.5) is 0 Å². The molecule has 1 amide bonds. The molecule has 2 aliphatic heterocycles. The highest BCUT2D eigenvalue weighted by molar-refractivity contribution is 5.79. The van der Waals surface area contributed by atoms with Crippen LogP contribution in [0.3, 0.4) is 0 Å². The van der Waals surface area contributed by atoms with Gasteiger partial charge in [0.25, 0.3) is 0 Å². The van der Waals surface area contributed by atoms with E-state index in [1.165, 1.54) is 12.8 Å². The molecule has 7 heteroatoms. The first-order chi connectivity index (χ1) is 11.3. The molecular formula is C16H20N6O. The number of nitrogens with zero attached hydrogens (tertiary/aromatic N) is 5. The van der Waals surface area contributed by atoms with Gasteiger partial charge in [0.15, 0.2) is 0 Å². The topological polar surface area (TPSA) is 75.9 Å². The van der Waals surface area contributed by atoms with Crippen LogP contribution in [-0.2, 0) is 11.2 Å². The predicted octanol–water partition coefficient (Wildman–Crippen LogP) is 0.558. The minimum absolute atomic E-state index is 0.217. The number of carbonyl (C=O) groups is 1. The highest BCUT2D eigenvalue weighted by atomic mass is 16.2. The number of nitrogens with one attached hydrogen (secondary N) is 1. The fourth-order valence-corrected chi connectivity index (χ4v) is 3.50. The molecule has 2 fully saturated rings. The lowest BCUT2D eigenvalue weighted by Crippen LogP contribution is -2.39. The maximum atomic E-state index is 12.6. The number of carbonyl (C=O) groups excluding carboxylic acids is 1. The summed E-state index contributed by atoms with van der Waals surface area (Å²) in [6.07, 6.45) is 5.52. The molecule has 1 aromatic carbocycles. The summed E-state index contributed by atoms with van der Waals surface area (Å²) in [4.78, 5) is 14.6. The maximum Gasteiger partial charge on any atom is 0.227 e. The van der Waals surface area contributed by atoms with E-state index in [0.29, 0.717) is 18.5 Å². The monoisotopic (exact) mass is 312 g/mol. The Kier molecular flexibility index (Phi) is 3.78. The van der Waals surface area contributed by atoms with Gasteiger partial charge in [0.2, 0.25) is 5.91 Å². The first kappa shape index (κ1) is 14.3. The Labute approximate surface area is 134 Å². The van der Waals surface area contributed by atoms with Crippen LogP contribution in [0.5, 0.6) is 0 Å². The summed E-state index contributed by atoms with van der Waals surface area (Å²) in [5.74, 6) is 0.217. The number of hydrogen-bond donors (Lipinski definition) is 1. The summed E-state index contributed by atoms with van der Waals surface area (Å²) in [6.45, 7) is 1.72. The molecule has 2 saturated heterocycles. The molecule has 2 atom stereocenters. The Morgan fingerprint density at radius 2 is 2.00 bits per heavy atom. The molecule has 2 unspecified atom stereocenters. The Bertz CT molecular complexity index is 668. The summed E-state index contributed by atoms with van der Waals surface area (Å²) in [5.41, 5.74) is 1.91. The van der Waals surface area contributed by atoms with Crippen LogP contribution in [0, 0.1) is 0 Å². The van der Waals surface area contributed by atoms with E-state index in [4.69, 9.17) is 0 Å². The van der Waals surface area contributed by atoms with Crippen LogP contribution in [-0.4, -0.2) is 56.2 Å². The molecule has 0 aliphatic carbocycles. The molecule has 1 N–H and O–H groups in total. The average Bonchev–Trinajstić information content (AvgIpc) is 3.18. The standard InChI is InChI=1S/C16H20N6O/c23-16(21-8-7-13-3-4-14(10-21)18-13)9-12-1-5-15(6-2-12)22-11-17-19-20-22/h1-2,5-6,11,13-14,18H,3-4,7-10H2. The number of fused-ring (bicyclic) bond motifs is 2. The number of amides is 1. The third kappa shape index (κ3) is 3.10. The largest absolute Gasteiger partial charge is 0.341 e. The number of hydrogen-bond acceptors (Lipinski definition) is 5. The van der Waals surface area contributed by atoms with Gasteiger partial charge in [-0.1, -0.05) is 12.1 Å². The molecule has 0 radical (unpaired) electrons. The van der Waals surface area contributed by atoms with E-state index in [2.05, 4.69) is 20.8 Å². The predicted molar refractivity (Wildman–Crippen MR) is 84.0 cm³/mol. The first-order valence-corrected chi connectivity index (χ1v) is 8.14. The van der Waals surface area contributed by atoms with Gasteiger partial charge in [0.1, 0.15) is 6.33 Å². The lowest BCUT2D eigenvalue weighted by atomic mass is 10.1. The summed E-state index contributed by atoms with van der Waals surface area (Å²) in [6, 6.07) is 8.89. The van der Waals surface area contributed by atoms with Gasteiger partial charge in [0, 0.05) is 25.2 Å². The van der Waals surface area contributed by atoms with E-state index < -0.39 is 0 Å². The van der Waals surface area contributed by atoms with Crippen LogP contribution < -0.4 is 5.32 Å². The average molecular weight is 312 g/mol. The lowest BCUT2D eigenvalue weighted by Gasteiger charge is -2.24. The van der Waals surface area contributed by atoms with E-state index in [-0.39, 0.29) is 5.91 Å². The van der Waals surface area contributed by atoms with Crippen molar-refractivity contribution in [3.05, 3.63) is 36.2 Å². The Balaban J connectivity index is 1.40. The lowest BCUT2D eigenvalue weighted by molar-refractivity contribution is -0.130. The quantitative estimate of drug-likeness (QED) is 0.896. The van der Waals surface area contributed by atoms with Crippen molar-refractivity contribution in [1.82, 2.24) is 30.4 Å². The number of aromatic nitrogens is 4. The number of tetrazole rings is 1. The molecule has 4 rings (SSSR count). The van der Waals surface area contributed by atoms with Crippen molar-refractivity contribution in [2.24, 2.45) is 0 Å². The van der Waals surface area contributed by atoms with Gasteiger partial charge in [0.05, 0.1) is 12.1 Å². The Morgan fingerprint density at radius 3 is 2.78 bits per heavy atom. The van der Waals surface area contributed by atoms with Gasteiger partial charge in [-0.15, -0.1) is 5.10 Å². The van der Waals surface area contributed by atoms with E-state index in [1.807, 2.05) is 29.2 Å². The SMILES string of the molecule is O=C(Cc1ccc(-n2cnnn2)cc1)N1CCC2CCC(C1)N2. The zero-order chi connectivity index (χ0) is 15.6. The normalized spacial score (nSPS) is 23.7. The second kappa shape index (κ2) is 6.08. The van der Waals surface area contributed by atoms with E-state index in [9.17, 15) is 4.79 Å². The number of likely N-dealkylation sites (tertiary alicyclic amines) is 1. The third-order valence-corrected chi connectivity index (χ3v) is 4.78. The second-order valence-corrected chi connectivity index (χ2v) is 6.36. The van der Waals surface area contributed by atoms with Crippen LogP contribution in [0.25, 0.3) is 5.69 Å². The molecular weight excluding hydrogens is 292 g/mol. The zero-order valence-electron chi connectivity index (χ0n) is 12.9. The molecule has 1 aromatic heterocycles. The van der Waals surface area contributed by atoms with Crippen molar-refractivity contribution in [2.45, 2.75) is 37.8 Å². The van der Waals surface area contributed by atoms with Crippen molar-refractivity contribution < 1.29 is 4.79 Å². The van der Waals surface area contributed by atoms with Gasteiger partial charge in [-0.3, -0.25) is 4.79 Å². The smallest absolute Gasteiger partial charge is 0.227 e. The van der Waals surface area contributed by atoms with Crippen LogP contribution in [0.2, 0.25) is 0 Å². The number of rotatable bonds is 3. The molecule has 23 heavy (non-hydrogen) atoms. The van der Waals surface area contributed by atoms with Crippen molar-refractivity contribution in [3.63, 3.8) is 0 Å². The molecule has 2 aromatic rings. The van der Waals surface area contributed by atoms with Crippen molar-refractivity contribution >= 4 is 5.91 Å². The van der Waals surface area contributed by atoms with Gasteiger partial charge >= 0.3 is 0 Å². The van der Waals surface area contributed by atoms with Crippen molar-refractivity contribution in [1.29, 1.82) is 0 Å². The zero-order valence-corrected chi connectivity index (χ0v) is 12.9. The third-order valence-electron chi connectivity index (χ3n) is 4.78. The van der Waals surface area contributed by atoms with Gasteiger partial charge in [-0.05, 0) is 47.4 Å². The molecule has 2 bridgehead atoms. The fourth-order valence-electron chi connectivity index (χ4n) is 3.50. The molecule has 120 valence electrons. The number of benzene rings is 1. The van der Waals surface area contributed by atoms with Crippen LogP contribution in [0.15, 0.2) is 30.6 Å². The van der Waals surface area contributed by atoms with E-state index in [1.54, 1.807) is 11.0 Å². The summed E-state index contributed by atoms with van der Waals surface area (Å²) in [7, 11) is 0. The minimum Gasteiger partial charge on any atom is -0.341 e. The summed E-state index contributed by atoms with van der Waals surface area (Å²) in [5, 5.41) is 14.7. The van der Waals surface area contributed by atoms with E-state index >= 15 is 0 Å². The Hall–Kier alpha value is -2.28. The van der Waals surface area contributed by atoms with Gasteiger partial charge in [-0.2, -0.15) is 0 Å². The second-order valence-electron chi connectivity index (χ2n) is 6.36. The highest BCUT2D eigenvalue weighted by Gasteiger charge is 2.30. The maximum absolute atomic E-state index is 12.6. The van der Waals surface area contributed by atoms with Gasteiger partial charge < -0.3 is 10.2 Å². The minimum atomic E-state index is 0.217. The van der Waals surface area contributed by atoms with Crippen LogP contribution in [0.1, 0.15) is 24.8 Å².